The van der Waals surface area contributed by atoms with E-state index in [2.05, 4.69) is 45.1 Å². The molecule has 0 unspecified atom stereocenters. The molecule has 0 aliphatic rings. The fourth-order valence-electron chi connectivity index (χ4n) is 8.91. The summed E-state index contributed by atoms with van der Waals surface area (Å²) in [5.74, 6) is -0.859. The van der Waals surface area contributed by atoms with E-state index >= 15 is 0 Å². The van der Waals surface area contributed by atoms with Crippen LogP contribution in [0.25, 0.3) is 0 Å². The first kappa shape index (κ1) is 64.9. The molecule has 0 aromatic carbocycles. The fraction of sp³-hybridized carbons (Fsp3) is 0.885. The number of unbranched alkanes of at least 4 members (excludes halogenated alkanes) is 40. The van der Waals surface area contributed by atoms with Crippen LogP contribution in [0.2, 0.25) is 0 Å². The first-order chi connectivity index (χ1) is 33.0. The Morgan fingerprint density at radius 3 is 0.761 bits per heavy atom. The van der Waals surface area contributed by atoms with Gasteiger partial charge in [-0.05, 0) is 70.6 Å². The SMILES string of the molecule is CCCCCC/C=C/CCCCCCCC(=O)OC[C@H](COC(=O)CCCCCCCCCCC/C=C/CCCCCCCC)OC(=O)CCCCCCCCCCCCCCCCCCC. The van der Waals surface area contributed by atoms with Gasteiger partial charge in [0.05, 0.1) is 0 Å². The van der Waals surface area contributed by atoms with Crippen LogP contribution in [-0.2, 0) is 28.6 Å². The molecule has 0 amide bonds. The molecule has 0 bridgehead atoms. The van der Waals surface area contributed by atoms with Crippen molar-refractivity contribution in [2.24, 2.45) is 0 Å². The molecule has 0 radical (unpaired) electrons. The highest BCUT2D eigenvalue weighted by Crippen LogP contribution is 2.17. The zero-order valence-corrected chi connectivity index (χ0v) is 45.2. The van der Waals surface area contributed by atoms with Gasteiger partial charge in [0.1, 0.15) is 13.2 Å². The minimum Gasteiger partial charge on any atom is -0.462 e. The number of carbonyl (C=O) groups excluding carboxylic acids is 3. The lowest BCUT2D eigenvalue weighted by Crippen LogP contribution is -2.30. The van der Waals surface area contributed by atoms with Crippen molar-refractivity contribution >= 4 is 17.9 Å². The van der Waals surface area contributed by atoms with Crippen LogP contribution >= 0.6 is 0 Å². The third kappa shape index (κ3) is 54.7. The molecule has 0 heterocycles. The van der Waals surface area contributed by atoms with Crippen LogP contribution in [-0.4, -0.2) is 37.2 Å². The van der Waals surface area contributed by atoms with E-state index < -0.39 is 6.10 Å². The lowest BCUT2D eigenvalue weighted by Gasteiger charge is -2.18. The van der Waals surface area contributed by atoms with Gasteiger partial charge in [-0.1, -0.05) is 263 Å². The molecular formula is C61H114O6. The maximum absolute atomic E-state index is 12.9. The van der Waals surface area contributed by atoms with Gasteiger partial charge >= 0.3 is 17.9 Å². The van der Waals surface area contributed by atoms with E-state index in [0.29, 0.717) is 19.3 Å². The Morgan fingerprint density at radius 1 is 0.284 bits per heavy atom. The lowest BCUT2D eigenvalue weighted by atomic mass is 10.0. The zero-order chi connectivity index (χ0) is 48.6. The summed E-state index contributed by atoms with van der Waals surface area (Å²) < 4.78 is 16.9. The average molecular weight is 944 g/mol. The summed E-state index contributed by atoms with van der Waals surface area (Å²) in [6.45, 7) is 6.66. The van der Waals surface area contributed by atoms with Crippen LogP contribution in [0.1, 0.15) is 329 Å². The van der Waals surface area contributed by atoms with E-state index in [0.717, 1.165) is 64.2 Å². The molecule has 0 rings (SSSR count). The quantitative estimate of drug-likeness (QED) is 0.0262. The monoisotopic (exact) mass is 943 g/mol. The highest BCUT2D eigenvalue weighted by Gasteiger charge is 2.19. The van der Waals surface area contributed by atoms with Gasteiger partial charge < -0.3 is 14.2 Å². The van der Waals surface area contributed by atoms with Crippen LogP contribution in [0.15, 0.2) is 24.3 Å². The van der Waals surface area contributed by atoms with Gasteiger partial charge in [-0.15, -0.1) is 0 Å². The van der Waals surface area contributed by atoms with Gasteiger partial charge in [0.25, 0.3) is 0 Å². The van der Waals surface area contributed by atoms with Crippen LogP contribution < -0.4 is 0 Å². The molecule has 0 aliphatic heterocycles. The van der Waals surface area contributed by atoms with E-state index in [9.17, 15) is 14.4 Å². The predicted octanol–water partition coefficient (Wildman–Crippen LogP) is 19.9. The molecule has 0 aromatic heterocycles. The van der Waals surface area contributed by atoms with Crippen molar-refractivity contribution in [2.75, 3.05) is 13.2 Å². The van der Waals surface area contributed by atoms with E-state index in [4.69, 9.17) is 14.2 Å². The molecule has 0 saturated heterocycles. The second-order valence-corrected chi connectivity index (χ2v) is 20.3. The van der Waals surface area contributed by atoms with E-state index in [1.54, 1.807) is 0 Å². The van der Waals surface area contributed by atoms with E-state index in [1.165, 1.54) is 225 Å². The maximum atomic E-state index is 12.9. The number of rotatable bonds is 55. The molecule has 0 aromatic rings. The minimum absolute atomic E-state index is 0.0704. The molecule has 0 fully saturated rings. The second-order valence-electron chi connectivity index (χ2n) is 20.3. The standard InChI is InChI=1S/C61H114O6/c1-4-7-10-13-16-19-22-25-27-29-30-32-33-36-39-42-45-48-51-54-60(63)66-57-58(56-65-59(62)53-50-47-44-41-38-35-24-21-18-15-12-9-6-3)67-61(64)55-52-49-46-43-40-37-34-31-28-26-23-20-17-14-11-8-5-2/h21,24-25,27,58H,4-20,22-23,26,28-57H2,1-3H3/b24-21+,27-25+/t58-/m1/s1. The Hall–Kier alpha value is -2.11. The Morgan fingerprint density at radius 2 is 0.493 bits per heavy atom. The number of esters is 3. The van der Waals surface area contributed by atoms with Crippen LogP contribution in [0, 0.1) is 0 Å². The first-order valence-electron chi connectivity index (χ1n) is 29.8. The molecule has 0 spiro atoms. The van der Waals surface area contributed by atoms with Crippen molar-refractivity contribution < 1.29 is 28.6 Å². The average Bonchev–Trinajstić information content (AvgIpc) is 3.33. The van der Waals surface area contributed by atoms with Gasteiger partial charge in [0, 0.05) is 19.3 Å². The molecule has 0 N–H and O–H groups in total. The van der Waals surface area contributed by atoms with Crippen molar-refractivity contribution in [3.63, 3.8) is 0 Å². The molecular weight excluding hydrogens is 829 g/mol. The maximum Gasteiger partial charge on any atom is 0.306 e. The van der Waals surface area contributed by atoms with Crippen LogP contribution in [0.3, 0.4) is 0 Å². The third-order valence-electron chi connectivity index (χ3n) is 13.4. The number of hydrogen-bond acceptors (Lipinski definition) is 6. The number of allylic oxidation sites excluding steroid dienone is 4. The number of ether oxygens (including phenoxy) is 3. The summed E-state index contributed by atoms with van der Waals surface area (Å²) in [5.41, 5.74) is 0. The van der Waals surface area contributed by atoms with Gasteiger partial charge in [0.15, 0.2) is 6.10 Å². The number of hydrogen-bond donors (Lipinski definition) is 0. The Bertz CT molecular complexity index is 1080. The van der Waals surface area contributed by atoms with Crippen molar-refractivity contribution in [3.8, 4) is 0 Å². The van der Waals surface area contributed by atoms with E-state index in [1.807, 2.05) is 0 Å². The largest absolute Gasteiger partial charge is 0.462 e. The summed E-state index contributed by atoms with van der Waals surface area (Å²) >= 11 is 0. The minimum atomic E-state index is -0.771. The highest BCUT2D eigenvalue weighted by molar-refractivity contribution is 5.71. The summed E-state index contributed by atoms with van der Waals surface area (Å²) in [7, 11) is 0. The Labute approximate surface area is 417 Å². The van der Waals surface area contributed by atoms with Gasteiger partial charge in [-0.2, -0.15) is 0 Å². The predicted molar refractivity (Wildman–Crippen MR) is 289 cm³/mol. The summed E-state index contributed by atoms with van der Waals surface area (Å²) in [6.07, 6.45) is 66.0. The van der Waals surface area contributed by atoms with Gasteiger partial charge in [-0.25, -0.2) is 0 Å². The fourth-order valence-corrected chi connectivity index (χ4v) is 8.91. The summed E-state index contributed by atoms with van der Waals surface area (Å²) in [6, 6.07) is 0. The highest BCUT2D eigenvalue weighted by atomic mass is 16.6. The molecule has 0 aliphatic carbocycles. The van der Waals surface area contributed by atoms with Crippen molar-refractivity contribution in [2.45, 2.75) is 335 Å². The van der Waals surface area contributed by atoms with E-state index in [-0.39, 0.29) is 31.1 Å². The third-order valence-corrected chi connectivity index (χ3v) is 13.4. The second kappa shape index (κ2) is 56.5. The van der Waals surface area contributed by atoms with Gasteiger partial charge in [0.2, 0.25) is 0 Å². The molecule has 1 atom stereocenters. The molecule has 67 heavy (non-hydrogen) atoms. The first-order valence-corrected chi connectivity index (χ1v) is 29.8. The van der Waals surface area contributed by atoms with Crippen molar-refractivity contribution in [1.29, 1.82) is 0 Å². The van der Waals surface area contributed by atoms with Crippen LogP contribution in [0.4, 0.5) is 0 Å². The van der Waals surface area contributed by atoms with Crippen molar-refractivity contribution in [3.05, 3.63) is 24.3 Å². The number of carbonyl (C=O) groups is 3. The molecule has 394 valence electrons. The summed E-state index contributed by atoms with van der Waals surface area (Å²) in [4.78, 5) is 38.2. The summed E-state index contributed by atoms with van der Waals surface area (Å²) in [5, 5.41) is 0. The van der Waals surface area contributed by atoms with Gasteiger partial charge in [-0.3, -0.25) is 14.4 Å². The smallest absolute Gasteiger partial charge is 0.306 e. The zero-order valence-electron chi connectivity index (χ0n) is 45.2. The van der Waals surface area contributed by atoms with Crippen molar-refractivity contribution in [1.82, 2.24) is 0 Å². The lowest BCUT2D eigenvalue weighted by molar-refractivity contribution is -0.167. The normalized spacial score (nSPS) is 12.1. The Kier molecular flexibility index (Phi) is 54.7. The molecule has 6 heteroatoms. The molecule has 6 nitrogen and oxygen atoms in total. The van der Waals surface area contributed by atoms with Crippen LogP contribution in [0.5, 0.6) is 0 Å². The molecule has 0 saturated carbocycles. The topological polar surface area (TPSA) is 78.9 Å². The Balaban J connectivity index is 4.31.